The summed E-state index contributed by atoms with van der Waals surface area (Å²) in [5.74, 6) is -0.523. The first kappa shape index (κ1) is 34.1. The minimum Gasteiger partial charge on any atom is -0.497 e. The van der Waals surface area contributed by atoms with Crippen LogP contribution >= 0.6 is 0 Å². The Morgan fingerprint density at radius 2 is 1.82 bits per heavy atom. The van der Waals surface area contributed by atoms with Gasteiger partial charge in [0.2, 0.25) is 5.91 Å². The van der Waals surface area contributed by atoms with E-state index in [1.54, 1.807) is 28.8 Å². The van der Waals surface area contributed by atoms with E-state index in [4.69, 9.17) is 4.74 Å². The maximum atomic E-state index is 14.2. The molecule has 1 saturated heterocycles. The minimum atomic E-state index is -1.80. The normalized spacial score (nSPS) is 19.5. The summed E-state index contributed by atoms with van der Waals surface area (Å²) in [6, 6.07) is 22.9. The molecule has 3 heterocycles. The first-order valence-corrected chi connectivity index (χ1v) is 17.2. The SMILES string of the molecule is COc1ccc2c(c1)[C@](O)([C@@H](C)/C=C/CCn1cc(C(CO)c3ccccc3)nn1)C(=O)N2Cc1cccc(N2CCCCCCC2=O)c1. The van der Waals surface area contributed by atoms with Gasteiger partial charge in [-0.05, 0) is 60.7 Å². The molecular weight excluding hydrogens is 618 g/mol. The van der Waals surface area contributed by atoms with Crippen LogP contribution in [0.5, 0.6) is 5.75 Å². The van der Waals surface area contributed by atoms with Crippen LogP contribution in [0.1, 0.15) is 73.8 Å². The lowest BCUT2D eigenvalue weighted by atomic mass is 9.83. The number of nitrogens with zero attached hydrogens (tertiary/aromatic N) is 5. The third-order valence-corrected chi connectivity index (χ3v) is 9.77. The lowest BCUT2D eigenvalue weighted by Crippen LogP contribution is -2.44. The number of amides is 2. The second-order valence-corrected chi connectivity index (χ2v) is 13.0. The van der Waals surface area contributed by atoms with E-state index in [-0.39, 0.29) is 25.0 Å². The summed E-state index contributed by atoms with van der Waals surface area (Å²) in [5, 5.41) is 30.8. The Morgan fingerprint density at radius 1 is 1.00 bits per heavy atom. The molecule has 0 saturated carbocycles. The number of aryl methyl sites for hydroxylation is 1. The molecule has 1 aromatic heterocycles. The van der Waals surface area contributed by atoms with E-state index in [0.29, 0.717) is 48.6 Å². The number of rotatable bonds is 12. The Balaban J connectivity index is 1.17. The number of fused-ring (bicyclic) bond motifs is 1. The van der Waals surface area contributed by atoms with Crippen molar-refractivity contribution in [3.05, 3.63) is 114 Å². The number of allylic oxidation sites excluding steroid dienone is 1. The number of hydrogen-bond donors (Lipinski definition) is 2. The monoisotopic (exact) mass is 663 g/mol. The van der Waals surface area contributed by atoms with Crippen molar-refractivity contribution in [2.45, 2.75) is 70.1 Å². The van der Waals surface area contributed by atoms with Crippen LogP contribution < -0.4 is 14.5 Å². The van der Waals surface area contributed by atoms with Gasteiger partial charge in [-0.25, -0.2) is 0 Å². The molecule has 2 aliphatic heterocycles. The summed E-state index contributed by atoms with van der Waals surface area (Å²) in [6.45, 7) is 3.25. The standard InChI is InChI=1S/C39H45N5O5/c1-28(13-9-11-21-42-26-35(40-41-42)33(27-45)30-15-6-5-7-16-30)39(48)34-24-32(49-2)19-20-36(34)44(38(39)47)25-29-14-12-17-31(23-29)43-22-10-4-3-8-18-37(43)46/h5-7,9,12-17,19-20,23-24,26,28,33,45,48H,3-4,8,10-11,18,21-22,25,27H2,1-2H3/b13-9+/t28-,33?,39+/m0/s1. The number of carbonyl (C=O) groups excluding carboxylic acids is 2. The first-order chi connectivity index (χ1) is 23.8. The van der Waals surface area contributed by atoms with Gasteiger partial charge in [0, 0.05) is 42.9 Å². The van der Waals surface area contributed by atoms with Crippen molar-refractivity contribution in [2.24, 2.45) is 5.92 Å². The number of aliphatic hydroxyl groups excluding tert-OH is 1. The van der Waals surface area contributed by atoms with E-state index in [2.05, 4.69) is 10.3 Å². The topological polar surface area (TPSA) is 121 Å². The fourth-order valence-electron chi connectivity index (χ4n) is 6.93. The fourth-order valence-corrected chi connectivity index (χ4v) is 6.93. The number of aromatic nitrogens is 3. The smallest absolute Gasteiger partial charge is 0.264 e. The lowest BCUT2D eigenvalue weighted by molar-refractivity contribution is -0.139. The molecule has 2 aliphatic rings. The molecule has 2 amide bonds. The second-order valence-electron chi connectivity index (χ2n) is 13.0. The fraction of sp³-hybridized carbons (Fsp3) is 0.385. The van der Waals surface area contributed by atoms with Gasteiger partial charge < -0.3 is 24.7 Å². The molecule has 1 unspecified atom stereocenters. The van der Waals surface area contributed by atoms with Crippen molar-refractivity contribution in [3.63, 3.8) is 0 Å². The Hall–Kier alpha value is -4.80. The van der Waals surface area contributed by atoms with Crippen LogP contribution in [0.15, 0.2) is 91.1 Å². The number of hydrogen-bond acceptors (Lipinski definition) is 7. The predicted octanol–water partition coefficient (Wildman–Crippen LogP) is 5.73. The van der Waals surface area contributed by atoms with Crippen molar-refractivity contribution >= 4 is 23.2 Å². The largest absolute Gasteiger partial charge is 0.497 e. The molecule has 256 valence electrons. The Labute approximate surface area is 287 Å². The highest BCUT2D eigenvalue weighted by molar-refractivity contribution is 6.07. The van der Waals surface area contributed by atoms with Gasteiger partial charge >= 0.3 is 0 Å². The summed E-state index contributed by atoms with van der Waals surface area (Å²) in [7, 11) is 1.56. The van der Waals surface area contributed by atoms with Crippen LogP contribution in [0.4, 0.5) is 11.4 Å². The second kappa shape index (κ2) is 15.2. The van der Waals surface area contributed by atoms with Gasteiger partial charge in [-0.15, -0.1) is 5.10 Å². The maximum Gasteiger partial charge on any atom is 0.264 e. The van der Waals surface area contributed by atoms with Gasteiger partial charge in [0.15, 0.2) is 5.60 Å². The Morgan fingerprint density at radius 3 is 2.61 bits per heavy atom. The van der Waals surface area contributed by atoms with Crippen LogP contribution in [0.2, 0.25) is 0 Å². The summed E-state index contributed by atoms with van der Waals surface area (Å²) in [4.78, 5) is 30.6. The Bertz CT molecular complexity index is 1790. The van der Waals surface area contributed by atoms with Crippen molar-refractivity contribution in [2.75, 3.05) is 30.1 Å². The van der Waals surface area contributed by atoms with E-state index in [1.165, 1.54) is 0 Å². The van der Waals surface area contributed by atoms with Gasteiger partial charge in [-0.2, -0.15) is 0 Å². The number of carbonyl (C=O) groups is 2. The third kappa shape index (κ3) is 7.16. The number of anilines is 2. The van der Waals surface area contributed by atoms with Gasteiger partial charge in [0.1, 0.15) is 5.75 Å². The maximum absolute atomic E-state index is 14.2. The highest BCUT2D eigenvalue weighted by Gasteiger charge is 2.52. The van der Waals surface area contributed by atoms with Crippen molar-refractivity contribution < 1.29 is 24.5 Å². The van der Waals surface area contributed by atoms with Gasteiger partial charge in [-0.3, -0.25) is 14.3 Å². The average Bonchev–Trinajstić information content (AvgIpc) is 3.66. The van der Waals surface area contributed by atoms with Crippen molar-refractivity contribution in [3.8, 4) is 5.75 Å². The van der Waals surface area contributed by atoms with Gasteiger partial charge in [0.05, 0.1) is 37.6 Å². The highest BCUT2D eigenvalue weighted by Crippen LogP contribution is 2.47. The molecule has 10 nitrogen and oxygen atoms in total. The molecule has 1 fully saturated rings. The van der Waals surface area contributed by atoms with E-state index >= 15 is 0 Å². The van der Waals surface area contributed by atoms with Crippen molar-refractivity contribution in [1.29, 1.82) is 0 Å². The zero-order valence-electron chi connectivity index (χ0n) is 28.2. The zero-order chi connectivity index (χ0) is 34.4. The molecule has 0 radical (unpaired) electrons. The number of benzene rings is 3. The summed E-state index contributed by atoms with van der Waals surface area (Å²) < 4.78 is 7.23. The van der Waals surface area contributed by atoms with E-state index in [9.17, 15) is 19.8 Å². The van der Waals surface area contributed by atoms with Gasteiger partial charge in [-0.1, -0.05) is 79.6 Å². The highest BCUT2D eigenvalue weighted by atomic mass is 16.5. The minimum absolute atomic E-state index is 0.0699. The first-order valence-electron chi connectivity index (χ1n) is 17.2. The van der Waals surface area contributed by atoms with Crippen LogP contribution in [0.25, 0.3) is 0 Å². The molecule has 0 spiro atoms. The molecule has 10 heteroatoms. The van der Waals surface area contributed by atoms with E-state index < -0.39 is 17.4 Å². The quantitative estimate of drug-likeness (QED) is 0.186. The zero-order valence-corrected chi connectivity index (χ0v) is 28.2. The lowest BCUT2D eigenvalue weighted by Gasteiger charge is -2.28. The van der Waals surface area contributed by atoms with Crippen LogP contribution in [0.3, 0.4) is 0 Å². The Kier molecular flexibility index (Phi) is 10.6. The number of ether oxygens (including phenoxy) is 1. The van der Waals surface area contributed by atoms with Crippen molar-refractivity contribution in [1.82, 2.24) is 15.0 Å². The van der Waals surface area contributed by atoms with Crippen LogP contribution in [0, 0.1) is 5.92 Å². The van der Waals surface area contributed by atoms with Crippen LogP contribution in [-0.4, -0.2) is 57.3 Å². The van der Waals surface area contributed by atoms with E-state index in [0.717, 1.165) is 42.5 Å². The number of methoxy groups -OCH3 is 1. The molecule has 0 bridgehead atoms. The van der Waals surface area contributed by atoms with Gasteiger partial charge in [0.25, 0.3) is 5.91 Å². The summed E-state index contributed by atoms with van der Waals surface area (Å²) in [6.07, 6.45) is 10.9. The molecule has 4 aromatic rings. The molecular formula is C39H45N5O5. The predicted molar refractivity (Wildman–Crippen MR) is 188 cm³/mol. The molecule has 0 aliphatic carbocycles. The molecule has 3 atom stereocenters. The average molecular weight is 664 g/mol. The molecule has 49 heavy (non-hydrogen) atoms. The molecule has 6 rings (SSSR count). The molecule has 3 aromatic carbocycles. The van der Waals surface area contributed by atoms with E-state index in [1.807, 2.05) is 90.8 Å². The summed E-state index contributed by atoms with van der Waals surface area (Å²) in [5.41, 5.74) is 2.71. The summed E-state index contributed by atoms with van der Waals surface area (Å²) >= 11 is 0. The van der Waals surface area contributed by atoms with Crippen LogP contribution in [-0.2, 0) is 28.3 Å². The third-order valence-electron chi connectivity index (χ3n) is 9.77. The molecule has 2 N–H and O–H groups in total. The number of aliphatic hydroxyl groups is 2.